The molecule has 0 aliphatic carbocycles. The number of phenolic OH excluding ortho intramolecular Hbond substituents is 1. The maximum Gasteiger partial charge on any atom is 0.337 e. The molecule has 0 fully saturated rings. The molecular formula is C24H26ClIN4O7. The standard InChI is InChI=1S/C24H26ClIN4O7/c1-4-36-18-8-13(21-20(23(33)35-3)12(2)28-24(34)29-21)5-6-17(18)37-11-19(31)30-27-10-14-7-15(25)9-16(26)22(14)32/h5-10,19,21,30-32H,4,11H2,1-3H3,(H2,28,29,34)/b27-10-/t19-,21-/m1/s1. The third-order valence-corrected chi connectivity index (χ3v) is 6.20. The Hall–Kier alpha value is -3.23. The Kier molecular flexibility index (Phi) is 9.83. The second-order valence-corrected chi connectivity index (χ2v) is 9.34. The second-order valence-electron chi connectivity index (χ2n) is 7.74. The highest BCUT2D eigenvalue weighted by molar-refractivity contribution is 14.1. The third kappa shape index (κ3) is 7.17. The van der Waals surface area contributed by atoms with E-state index in [1.54, 1.807) is 38.1 Å². The number of aromatic hydroxyl groups is 1. The van der Waals surface area contributed by atoms with Crippen LogP contribution in [0.2, 0.25) is 5.02 Å². The molecule has 0 saturated carbocycles. The van der Waals surface area contributed by atoms with Gasteiger partial charge in [0.15, 0.2) is 17.7 Å². The number of aliphatic hydroxyl groups is 1. The van der Waals surface area contributed by atoms with Crippen molar-refractivity contribution in [1.82, 2.24) is 16.1 Å². The Labute approximate surface area is 232 Å². The number of amides is 2. The largest absolute Gasteiger partial charge is 0.506 e. The highest BCUT2D eigenvalue weighted by atomic mass is 127. The minimum Gasteiger partial charge on any atom is -0.506 e. The van der Waals surface area contributed by atoms with Crippen molar-refractivity contribution in [2.45, 2.75) is 26.1 Å². The van der Waals surface area contributed by atoms with Gasteiger partial charge in [0.2, 0.25) is 0 Å². The van der Waals surface area contributed by atoms with E-state index >= 15 is 0 Å². The van der Waals surface area contributed by atoms with E-state index in [2.05, 4.69) is 21.2 Å². The van der Waals surface area contributed by atoms with Gasteiger partial charge in [0, 0.05) is 16.3 Å². The molecule has 2 amide bonds. The number of urea groups is 1. The molecule has 0 unspecified atom stereocenters. The number of nitrogens with one attached hydrogen (secondary N) is 3. The van der Waals surface area contributed by atoms with Crippen LogP contribution in [0.25, 0.3) is 0 Å². The number of hydrogen-bond donors (Lipinski definition) is 5. The van der Waals surface area contributed by atoms with Crippen LogP contribution in [0.1, 0.15) is 31.0 Å². The quantitative estimate of drug-likeness (QED) is 0.0871. The molecule has 0 bridgehead atoms. The van der Waals surface area contributed by atoms with Gasteiger partial charge in [-0.25, -0.2) is 9.59 Å². The zero-order valence-electron chi connectivity index (χ0n) is 20.2. The van der Waals surface area contributed by atoms with Crippen LogP contribution in [-0.2, 0) is 9.53 Å². The van der Waals surface area contributed by atoms with Crippen molar-refractivity contribution in [2.24, 2.45) is 5.10 Å². The minimum atomic E-state index is -1.19. The number of rotatable bonds is 10. The zero-order chi connectivity index (χ0) is 27.1. The average Bonchev–Trinajstić information content (AvgIpc) is 2.85. The number of esters is 1. The van der Waals surface area contributed by atoms with Gasteiger partial charge in [0.1, 0.15) is 12.4 Å². The molecule has 3 rings (SSSR count). The van der Waals surface area contributed by atoms with E-state index in [0.29, 0.717) is 43.5 Å². The van der Waals surface area contributed by atoms with Crippen molar-refractivity contribution in [1.29, 1.82) is 0 Å². The number of carbonyl (C=O) groups is 2. The van der Waals surface area contributed by atoms with Crippen LogP contribution in [0, 0.1) is 3.57 Å². The average molecular weight is 645 g/mol. The van der Waals surface area contributed by atoms with E-state index in [1.165, 1.54) is 19.4 Å². The molecule has 198 valence electrons. The van der Waals surface area contributed by atoms with Gasteiger partial charge < -0.3 is 35.1 Å². The fraction of sp³-hybridized carbons (Fsp3) is 0.292. The summed E-state index contributed by atoms with van der Waals surface area (Å²) in [5, 5.41) is 30.0. The van der Waals surface area contributed by atoms with Crippen molar-refractivity contribution in [3.63, 3.8) is 0 Å². The number of phenols is 1. The first-order valence-electron chi connectivity index (χ1n) is 11.0. The van der Waals surface area contributed by atoms with Gasteiger partial charge in [0.25, 0.3) is 0 Å². The number of benzene rings is 2. The van der Waals surface area contributed by atoms with Gasteiger partial charge in [0.05, 0.1) is 35.1 Å². The van der Waals surface area contributed by atoms with Crippen molar-refractivity contribution in [2.75, 3.05) is 20.3 Å². The monoisotopic (exact) mass is 644 g/mol. The number of nitrogens with zero attached hydrogens (tertiary/aromatic N) is 1. The summed E-state index contributed by atoms with van der Waals surface area (Å²) in [6, 6.07) is 6.86. The molecule has 0 spiro atoms. The first kappa shape index (κ1) is 28.3. The Bertz CT molecular complexity index is 1240. The molecule has 1 aliphatic rings. The predicted molar refractivity (Wildman–Crippen MR) is 145 cm³/mol. The molecule has 0 radical (unpaired) electrons. The highest BCUT2D eigenvalue weighted by Crippen LogP contribution is 2.35. The van der Waals surface area contributed by atoms with Crippen molar-refractivity contribution < 1.29 is 34.0 Å². The Morgan fingerprint density at radius 3 is 2.76 bits per heavy atom. The molecule has 37 heavy (non-hydrogen) atoms. The van der Waals surface area contributed by atoms with E-state index in [-0.39, 0.29) is 17.9 Å². The highest BCUT2D eigenvalue weighted by Gasteiger charge is 2.32. The molecule has 2 aromatic rings. The van der Waals surface area contributed by atoms with E-state index in [0.717, 1.165) is 0 Å². The van der Waals surface area contributed by atoms with Gasteiger partial charge in [-0.3, -0.25) is 5.43 Å². The van der Waals surface area contributed by atoms with Gasteiger partial charge in [-0.05, 0) is 66.3 Å². The molecule has 11 nitrogen and oxygen atoms in total. The molecule has 2 atom stereocenters. The van der Waals surface area contributed by atoms with Crippen LogP contribution in [0.4, 0.5) is 4.79 Å². The number of aliphatic hydroxyl groups excluding tert-OH is 1. The summed E-state index contributed by atoms with van der Waals surface area (Å²) in [5.41, 5.74) is 4.11. The molecule has 1 aliphatic heterocycles. The lowest BCUT2D eigenvalue weighted by Gasteiger charge is -2.28. The predicted octanol–water partition coefficient (Wildman–Crippen LogP) is 3.17. The van der Waals surface area contributed by atoms with Crippen LogP contribution >= 0.6 is 34.2 Å². The lowest BCUT2D eigenvalue weighted by Crippen LogP contribution is -2.45. The van der Waals surface area contributed by atoms with Crippen LogP contribution in [0.15, 0.2) is 46.7 Å². The van der Waals surface area contributed by atoms with Crippen molar-refractivity contribution >= 4 is 52.4 Å². The molecule has 0 aromatic heterocycles. The number of ether oxygens (including phenoxy) is 3. The van der Waals surface area contributed by atoms with E-state index in [1.807, 2.05) is 22.6 Å². The first-order chi connectivity index (χ1) is 17.6. The maximum atomic E-state index is 12.4. The Balaban J connectivity index is 1.72. The summed E-state index contributed by atoms with van der Waals surface area (Å²) in [4.78, 5) is 24.4. The summed E-state index contributed by atoms with van der Waals surface area (Å²) in [6.45, 7) is 3.55. The van der Waals surface area contributed by atoms with Gasteiger partial charge in [-0.2, -0.15) is 5.10 Å². The van der Waals surface area contributed by atoms with Crippen LogP contribution in [0.5, 0.6) is 17.2 Å². The number of hydrazone groups is 1. The molecular weight excluding hydrogens is 619 g/mol. The van der Waals surface area contributed by atoms with Crippen molar-refractivity contribution in [3.8, 4) is 17.2 Å². The maximum absolute atomic E-state index is 12.4. The lowest BCUT2D eigenvalue weighted by atomic mass is 9.95. The number of carbonyl (C=O) groups excluding carboxylic acids is 2. The summed E-state index contributed by atoms with van der Waals surface area (Å²) in [7, 11) is 1.26. The van der Waals surface area contributed by atoms with Gasteiger partial charge in [-0.15, -0.1) is 0 Å². The smallest absolute Gasteiger partial charge is 0.337 e. The minimum absolute atomic E-state index is 0.0214. The number of halogens is 2. The van der Waals surface area contributed by atoms with E-state index in [4.69, 9.17) is 25.8 Å². The molecule has 1 heterocycles. The lowest BCUT2D eigenvalue weighted by molar-refractivity contribution is -0.136. The van der Waals surface area contributed by atoms with Crippen molar-refractivity contribution in [3.05, 3.63) is 61.3 Å². The van der Waals surface area contributed by atoms with Crippen LogP contribution in [0.3, 0.4) is 0 Å². The number of methoxy groups -OCH3 is 1. The molecule has 13 heteroatoms. The topological polar surface area (TPSA) is 151 Å². The van der Waals surface area contributed by atoms with E-state index < -0.39 is 24.3 Å². The molecule has 5 N–H and O–H groups in total. The zero-order valence-corrected chi connectivity index (χ0v) is 23.1. The van der Waals surface area contributed by atoms with E-state index in [9.17, 15) is 19.8 Å². The fourth-order valence-corrected chi connectivity index (χ4v) is 4.56. The summed E-state index contributed by atoms with van der Waals surface area (Å²) < 4.78 is 16.8. The number of allylic oxidation sites excluding steroid dienone is 1. The summed E-state index contributed by atoms with van der Waals surface area (Å²) >= 11 is 7.95. The van der Waals surface area contributed by atoms with Crippen LogP contribution < -0.4 is 25.5 Å². The molecule has 0 saturated heterocycles. The van der Waals surface area contributed by atoms with Gasteiger partial charge >= 0.3 is 12.0 Å². The first-order valence-corrected chi connectivity index (χ1v) is 12.5. The normalized spacial score (nSPS) is 16.2. The Morgan fingerprint density at radius 1 is 1.30 bits per heavy atom. The van der Waals surface area contributed by atoms with Gasteiger partial charge in [-0.1, -0.05) is 17.7 Å². The summed E-state index contributed by atoms with van der Waals surface area (Å²) in [6.07, 6.45) is 0.139. The fourth-order valence-electron chi connectivity index (χ4n) is 3.50. The molecule has 2 aromatic carbocycles. The Morgan fingerprint density at radius 2 is 2.05 bits per heavy atom. The summed E-state index contributed by atoms with van der Waals surface area (Å²) in [5.74, 6) is 0.124. The second kappa shape index (κ2) is 12.8. The number of hydrogen-bond acceptors (Lipinski definition) is 9. The SMILES string of the molecule is CCOc1cc([C@H]2NC(=O)NC(C)=C2C(=O)OC)ccc1OC[C@@H](O)N/N=C\c1cc(Cl)cc(I)c1O. The van der Waals surface area contributed by atoms with Crippen LogP contribution in [-0.4, -0.2) is 55.0 Å². The third-order valence-electron chi connectivity index (χ3n) is 5.16.